The second kappa shape index (κ2) is 6.00. The smallest absolute Gasteiger partial charge is 0.317 e. The molecule has 0 spiro atoms. The van der Waals surface area contributed by atoms with Crippen LogP contribution in [0.2, 0.25) is 0 Å². The van der Waals surface area contributed by atoms with Crippen molar-refractivity contribution < 1.29 is 17.6 Å². The zero-order valence-corrected chi connectivity index (χ0v) is 10.2. The van der Waals surface area contributed by atoms with E-state index in [1.165, 1.54) is 4.90 Å². The Morgan fingerprint density at radius 2 is 2.06 bits per heavy atom. The molecule has 0 aromatic carbocycles. The molecule has 102 valence electrons. The molecule has 6 heteroatoms. The zero-order chi connectivity index (χ0) is 13.1. The van der Waals surface area contributed by atoms with Crippen LogP contribution >= 0.6 is 0 Å². The molecule has 0 amide bonds. The first-order valence-corrected chi connectivity index (χ1v) is 5.92. The second-order valence-electron chi connectivity index (χ2n) is 4.78. The van der Waals surface area contributed by atoms with Gasteiger partial charge < -0.3 is 5.32 Å². The molecule has 2 unspecified atom stereocenters. The van der Waals surface area contributed by atoms with Crippen LogP contribution in [0.3, 0.4) is 0 Å². The maximum absolute atomic E-state index is 12.9. The number of nitrogens with zero attached hydrogens (tertiary/aromatic N) is 1. The fraction of sp³-hybridized carbons (Fsp3) is 1.00. The number of nitrogens with one attached hydrogen (secondary N) is 1. The van der Waals surface area contributed by atoms with E-state index in [1.54, 1.807) is 0 Å². The van der Waals surface area contributed by atoms with E-state index in [9.17, 15) is 17.6 Å². The Labute approximate surface area is 99.4 Å². The Morgan fingerprint density at radius 3 is 2.59 bits per heavy atom. The van der Waals surface area contributed by atoms with Crippen LogP contribution in [0.5, 0.6) is 0 Å². The largest absolute Gasteiger partial charge is 0.319 e. The van der Waals surface area contributed by atoms with Crippen molar-refractivity contribution in [3.8, 4) is 0 Å². The fourth-order valence-electron chi connectivity index (χ4n) is 2.25. The van der Waals surface area contributed by atoms with Crippen LogP contribution in [0.25, 0.3) is 0 Å². The van der Waals surface area contributed by atoms with Gasteiger partial charge in [-0.2, -0.15) is 8.78 Å². The average Bonchev–Trinajstić information content (AvgIpc) is 2.27. The van der Waals surface area contributed by atoms with Gasteiger partial charge >= 0.3 is 12.3 Å². The van der Waals surface area contributed by atoms with Gasteiger partial charge in [0.1, 0.15) is 0 Å². The van der Waals surface area contributed by atoms with E-state index in [1.807, 2.05) is 14.0 Å². The Morgan fingerprint density at radius 1 is 1.41 bits per heavy atom. The van der Waals surface area contributed by atoms with Gasteiger partial charge in [0.15, 0.2) is 0 Å². The number of piperidine rings is 1. The average molecular weight is 256 g/mol. The molecule has 2 nitrogen and oxygen atoms in total. The van der Waals surface area contributed by atoms with Gasteiger partial charge in [-0.3, -0.25) is 4.90 Å². The molecule has 17 heavy (non-hydrogen) atoms. The zero-order valence-electron chi connectivity index (χ0n) is 10.2. The van der Waals surface area contributed by atoms with Gasteiger partial charge in [0, 0.05) is 12.6 Å². The van der Waals surface area contributed by atoms with Gasteiger partial charge in [-0.05, 0) is 39.3 Å². The highest BCUT2D eigenvalue weighted by Gasteiger charge is 2.43. The third-order valence-electron chi connectivity index (χ3n) is 3.46. The highest BCUT2D eigenvalue weighted by atomic mass is 19.3. The Kier molecular flexibility index (Phi) is 5.19. The summed E-state index contributed by atoms with van der Waals surface area (Å²) in [7, 11) is 1.82. The lowest BCUT2D eigenvalue weighted by atomic mass is 9.91. The van der Waals surface area contributed by atoms with Crippen molar-refractivity contribution in [3.05, 3.63) is 0 Å². The third kappa shape index (κ3) is 4.10. The topological polar surface area (TPSA) is 15.3 Å². The molecular formula is C11H20F4N2. The molecule has 1 heterocycles. The van der Waals surface area contributed by atoms with Crippen LogP contribution in [0.1, 0.15) is 19.8 Å². The van der Waals surface area contributed by atoms with Crippen LogP contribution in [0.15, 0.2) is 0 Å². The van der Waals surface area contributed by atoms with Crippen molar-refractivity contribution in [1.29, 1.82) is 0 Å². The van der Waals surface area contributed by atoms with Gasteiger partial charge in [-0.25, -0.2) is 8.78 Å². The molecule has 1 fully saturated rings. The summed E-state index contributed by atoms with van der Waals surface area (Å²) in [5.41, 5.74) is 0. The lowest BCUT2D eigenvalue weighted by Gasteiger charge is -2.37. The van der Waals surface area contributed by atoms with E-state index < -0.39 is 18.9 Å². The van der Waals surface area contributed by atoms with E-state index in [0.717, 1.165) is 12.8 Å². The summed E-state index contributed by atoms with van der Waals surface area (Å²) in [5.74, 6) is -3.65. The molecule has 1 rings (SSSR count). The molecule has 0 radical (unpaired) electrons. The van der Waals surface area contributed by atoms with Crippen molar-refractivity contribution in [2.24, 2.45) is 5.92 Å². The molecule has 0 bridgehead atoms. The minimum atomic E-state index is -3.90. The van der Waals surface area contributed by atoms with Gasteiger partial charge in [0.05, 0.1) is 6.54 Å². The molecular weight excluding hydrogens is 236 g/mol. The van der Waals surface area contributed by atoms with Gasteiger partial charge in [-0.1, -0.05) is 0 Å². The van der Waals surface area contributed by atoms with Gasteiger partial charge in [-0.15, -0.1) is 0 Å². The van der Waals surface area contributed by atoms with E-state index in [4.69, 9.17) is 0 Å². The van der Waals surface area contributed by atoms with Crippen molar-refractivity contribution in [2.45, 2.75) is 38.2 Å². The summed E-state index contributed by atoms with van der Waals surface area (Å²) in [5, 5.41) is 3.08. The number of rotatable bonds is 5. The maximum atomic E-state index is 12.9. The van der Waals surface area contributed by atoms with Crippen molar-refractivity contribution in [3.63, 3.8) is 0 Å². The van der Waals surface area contributed by atoms with E-state index in [0.29, 0.717) is 13.1 Å². The number of hydrogen-bond donors (Lipinski definition) is 1. The number of alkyl halides is 4. The summed E-state index contributed by atoms with van der Waals surface area (Å²) >= 11 is 0. The SMILES string of the molecule is CNC(C)C1CCCN(CC(F)(F)C(F)F)C1. The van der Waals surface area contributed by atoms with Crippen LogP contribution in [-0.2, 0) is 0 Å². The summed E-state index contributed by atoms with van der Waals surface area (Å²) < 4.78 is 50.1. The lowest BCUT2D eigenvalue weighted by Crippen LogP contribution is -2.49. The number of likely N-dealkylation sites (tertiary alicyclic amines) is 1. The van der Waals surface area contributed by atoms with Crippen molar-refractivity contribution in [1.82, 2.24) is 10.2 Å². The van der Waals surface area contributed by atoms with Crippen LogP contribution in [0.4, 0.5) is 17.6 Å². The Bertz CT molecular complexity index is 236. The normalized spacial score (nSPS) is 25.2. The Hall–Kier alpha value is -0.360. The predicted octanol–water partition coefficient (Wildman–Crippen LogP) is 2.21. The molecule has 1 N–H and O–H groups in total. The van der Waals surface area contributed by atoms with Crippen LogP contribution in [0, 0.1) is 5.92 Å². The second-order valence-corrected chi connectivity index (χ2v) is 4.78. The molecule has 1 saturated heterocycles. The van der Waals surface area contributed by atoms with Crippen molar-refractivity contribution >= 4 is 0 Å². The third-order valence-corrected chi connectivity index (χ3v) is 3.46. The maximum Gasteiger partial charge on any atom is 0.319 e. The first-order valence-electron chi connectivity index (χ1n) is 5.92. The molecule has 1 aliphatic heterocycles. The summed E-state index contributed by atoms with van der Waals surface area (Å²) in [4.78, 5) is 1.45. The highest BCUT2D eigenvalue weighted by Crippen LogP contribution is 2.27. The summed E-state index contributed by atoms with van der Waals surface area (Å²) in [6, 6.07) is 0.220. The Balaban J connectivity index is 2.50. The molecule has 0 saturated carbocycles. The van der Waals surface area contributed by atoms with Crippen molar-refractivity contribution in [2.75, 3.05) is 26.7 Å². The molecule has 1 aliphatic rings. The van der Waals surface area contributed by atoms with Gasteiger partial charge in [0.25, 0.3) is 0 Å². The first kappa shape index (κ1) is 14.7. The minimum Gasteiger partial charge on any atom is -0.317 e. The van der Waals surface area contributed by atoms with Crippen LogP contribution < -0.4 is 5.32 Å². The fourth-order valence-corrected chi connectivity index (χ4v) is 2.25. The highest BCUT2D eigenvalue weighted by molar-refractivity contribution is 4.83. The molecule has 0 aromatic rings. The van der Waals surface area contributed by atoms with E-state index >= 15 is 0 Å². The molecule has 0 aromatic heterocycles. The minimum absolute atomic E-state index is 0.220. The predicted molar refractivity (Wildman–Crippen MR) is 58.6 cm³/mol. The first-order chi connectivity index (χ1) is 7.86. The quantitative estimate of drug-likeness (QED) is 0.759. The standard InChI is InChI=1S/C11H20F4N2/c1-8(16-2)9-4-3-5-17(6-9)7-11(14,15)10(12)13/h8-10,16H,3-7H2,1-2H3. The summed E-state index contributed by atoms with van der Waals surface area (Å²) in [6.45, 7) is 2.09. The number of hydrogen-bond acceptors (Lipinski definition) is 2. The molecule has 0 aliphatic carbocycles. The van der Waals surface area contributed by atoms with Gasteiger partial charge in [0.2, 0.25) is 0 Å². The lowest BCUT2D eigenvalue weighted by molar-refractivity contribution is -0.145. The van der Waals surface area contributed by atoms with Crippen LogP contribution in [-0.4, -0.2) is 50.0 Å². The van der Waals surface area contributed by atoms with E-state index in [-0.39, 0.29) is 12.0 Å². The summed E-state index contributed by atoms with van der Waals surface area (Å²) in [6.07, 6.45) is -1.83. The monoisotopic (exact) mass is 256 g/mol. The molecule has 2 atom stereocenters. The van der Waals surface area contributed by atoms with E-state index in [2.05, 4.69) is 5.32 Å². The number of halogens is 4.